The van der Waals surface area contributed by atoms with Gasteiger partial charge in [-0.15, -0.1) is 0 Å². The van der Waals surface area contributed by atoms with Gasteiger partial charge in [-0.05, 0) is 29.8 Å². The number of rotatable bonds is 3. The van der Waals surface area contributed by atoms with Crippen LogP contribution in [-0.2, 0) is 13.6 Å². The number of benzene rings is 1. The van der Waals surface area contributed by atoms with Gasteiger partial charge in [-0.25, -0.2) is 0 Å². The van der Waals surface area contributed by atoms with Crippen molar-refractivity contribution in [3.63, 3.8) is 0 Å². The van der Waals surface area contributed by atoms with Crippen molar-refractivity contribution in [2.45, 2.75) is 6.54 Å². The zero-order chi connectivity index (χ0) is 18.1. The summed E-state index contributed by atoms with van der Waals surface area (Å²) in [4.78, 5) is 28.8. The van der Waals surface area contributed by atoms with Crippen molar-refractivity contribution in [1.82, 2.24) is 14.4 Å². The maximum absolute atomic E-state index is 12.6. The average Bonchev–Trinajstić information content (AvgIpc) is 3.12. The standard InChI is InChI=1S/C19H21N3O4/c1-20-6-2-3-15(18(20)23)19(24)22-9-7-21(8-10-22)12-14-4-5-16-17(11-14)26-13-25-16/h2-6,11H,7-10,12-13H2,1H3. The van der Waals surface area contributed by atoms with Crippen molar-refractivity contribution in [3.8, 4) is 11.5 Å². The molecule has 0 atom stereocenters. The molecule has 0 radical (unpaired) electrons. The van der Waals surface area contributed by atoms with E-state index in [0.717, 1.165) is 36.7 Å². The van der Waals surface area contributed by atoms with Crippen molar-refractivity contribution < 1.29 is 14.3 Å². The molecule has 2 aliphatic heterocycles. The van der Waals surface area contributed by atoms with Crippen LogP contribution in [0.3, 0.4) is 0 Å². The first-order chi connectivity index (χ1) is 12.6. The number of aryl methyl sites for hydroxylation is 1. The van der Waals surface area contributed by atoms with Gasteiger partial charge < -0.3 is 18.9 Å². The third-order valence-corrected chi connectivity index (χ3v) is 4.86. The van der Waals surface area contributed by atoms with Gasteiger partial charge in [0, 0.05) is 46.0 Å². The zero-order valence-corrected chi connectivity index (χ0v) is 14.7. The Balaban J connectivity index is 1.37. The summed E-state index contributed by atoms with van der Waals surface area (Å²) in [7, 11) is 1.66. The van der Waals surface area contributed by atoms with Crippen LogP contribution in [0.15, 0.2) is 41.3 Å². The minimum atomic E-state index is -0.250. The fourth-order valence-electron chi connectivity index (χ4n) is 3.34. The highest BCUT2D eigenvalue weighted by molar-refractivity contribution is 5.93. The van der Waals surface area contributed by atoms with E-state index in [9.17, 15) is 9.59 Å². The number of fused-ring (bicyclic) bond motifs is 1. The molecule has 2 aromatic rings. The molecule has 0 bridgehead atoms. The van der Waals surface area contributed by atoms with Gasteiger partial charge >= 0.3 is 0 Å². The van der Waals surface area contributed by atoms with E-state index in [0.29, 0.717) is 13.1 Å². The predicted molar refractivity (Wildman–Crippen MR) is 95.4 cm³/mol. The van der Waals surface area contributed by atoms with Gasteiger partial charge in [0.25, 0.3) is 11.5 Å². The quantitative estimate of drug-likeness (QED) is 0.824. The fourth-order valence-corrected chi connectivity index (χ4v) is 3.34. The Morgan fingerprint density at radius 3 is 2.65 bits per heavy atom. The van der Waals surface area contributed by atoms with Crippen LogP contribution in [0, 0.1) is 0 Å². The minimum absolute atomic E-state index is 0.186. The average molecular weight is 355 g/mol. The van der Waals surface area contributed by atoms with Crippen LogP contribution in [-0.4, -0.2) is 53.2 Å². The van der Waals surface area contributed by atoms with Crippen LogP contribution in [0.1, 0.15) is 15.9 Å². The Kier molecular flexibility index (Phi) is 4.38. The first-order valence-corrected chi connectivity index (χ1v) is 8.67. The lowest BCUT2D eigenvalue weighted by molar-refractivity contribution is 0.0626. The monoisotopic (exact) mass is 355 g/mol. The largest absolute Gasteiger partial charge is 0.454 e. The van der Waals surface area contributed by atoms with E-state index < -0.39 is 0 Å². The van der Waals surface area contributed by atoms with Gasteiger partial charge in [-0.1, -0.05) is 6.07 Å². The molecule has 3 heterocycles. The molecule has 1 aromatic heterocycles. The summed E-state index contributed by atoms with van der Waals surface area (Å²) < 4.78 is 12.2. The smallest absolute Gasteiger partial charge is 0.263 e. The van der Waals surface area contributed by atoms with Gasteiger partial charge in [0.05, 0.1) is 0 Å². The van der Waals surface area contributed by atoms with Crippen molar-refractivity contribution in [2.75, 3.05) is 33.0 Å². The Hall–Kier alpha value is -2.80. The molecule has 4 rings (SSSR count). The second-order valence-electron chi connectivity index (χ2n) is 6.59. The summed E-state index contributed by atoms with van der Waals surface area (Å²) in [6.07, 6.45) is 1.66. The molecule has 0 N–H and O–H groups in total. The van der Waals surface area contributed by atoms with Crippen molar-refractivity contribution >= 4 is 5.91 Å². The van der Waals surface area contributed by atoms with Gasteiger partial charge in [0.1, 0.15) is 5.56 Å². The summed E-state index contributed by atoms with van der Waals surface area (Å²) in [6, 6.07) is 9.31. The summed E-state index contributed by atoms with van der Waals surface area (Å²) >= 11 is 0. The molecule has 7 nitrogen and oxygen atoms in total. The molecule has 7 heteroatoms. The summed E-state index contributed by atoms with van der Waals surface area (Å²) in [6.45, 7) is 3.84. The molecule has 1 aromatic carbocycles. The van der Waals surface area contributed by atoms with Gasteiger partial charge in [0.2, 0.25) is 6.79 Å². The molecule has 1 saturated heterocycles. The van der Waals surface area contributed by atoms with Crippen LogP contribution < -0.4 is 15.0 Å². The van der Waals surface area contributed by atoms with Gasteiger partial charge in [-0.3, -0.25) is 14.5 Å². The van der Waals surface area contributed by atoms with Crippen molar-refractivity contribution in [1.29, 1.82) is 0 Å². The first-order valence-electron chi connectivity index (χ1n) is 8.67. The molecule has 0 saturated carbocycles. The third-order valence-electron chi connectivity index (χ3n) is 4.86. The molecule has 1 amide bonds. The number of nitrogens with zero attached hydrogens (tertiary/aromatic N) is 3. The van der Waals surface area contributed by atoms with Crippen LogP contribution in [0.4, 0.5) is 0 Å². The van der Waals surface area contributed by atoms with Gasteiger partial charge in [0.15, 0.2) is 11.5 Å². The number of carbonyl (C=O) groups excluding carboxylic acids is 1. The Labute approximate surface area is 151 Å². The number of hydrogen-bond donors (Lipinski definition) is 0. The SMILES string of the molecule is Cn1cccc(C(=O)N2CCN(Cc3ccc4c(c3)OCO4)CC2)c1=O. The third kappa shape index (κ3) is 3.17. The maximum Gasteiger partial charge on any atom is 0.263 e. The number of piperazine rings is 1. The van der Waals surface area contributed by atoms with Crippen LogP contribution >= 0.6 is 0 Å². The normalized spacial score (nSPS) is 16.7. The van der Waals surface area contributed by atoms with E-state index in [-0.39, 0.29) is 23.8 Å². The van der Waals surface area contributed by atoms with Gasteiger partial charge in [-0.2, -0.15) is 0 Å². The van der Waals surface area contributed by atoms with E-state index in [1.54, 1.807) is 30.3 Å². The number of hydrogen-bond acceptors (Lipinski definition) is 5. The summed E-state index contributed by atoms with van der Waals surface area (Å²) in [5.41, 5.74) is 1.14. The molecule has 0 aliphatic carbocycles. The number of aromatic nitrogens is 1. The Morgan fingerprint density at radius 1 is 1.08 bits per heavy atom. The molecule has 26 heavy (non-hydrogen) atoms. The number of carbonyl (C=O) groups is 1. The topological polar surface area (TPSA) is 64.0 Å². The van der Waals surface area contributed by atoms with E-state index in [1.165, 1.54) is 4.57 Å². The Bertz CT molecular complexity index is 885. The summed E-state index contributed by atoms with van der Waals surface area (Å²) in [5, 5.41) is 0. The lowest BCUT2D eigenvalue weighted by Gasteiger charge is -2.34. The predicted octanol–water partition coefficient (Wildman–Crippen LogP) is 1.07. The molecule has 1 fully saturated rings. The van der Waals surface area contributed by atoms with E-state index in [4.69, 9.17) is 9.47 Å². The van der Waals surface area contributed by atoms with E-state index in [2.05, 4.69) is 4.90 Å². The summed E-state index contributed by atoms with van der Waals surface area (Å²) in [5.74, 6) is 1.39. The second kappa shape index (κ2) is 6.84. The maximum atomic E-state index is 12.6. The molecule has 136 valence electrons. The Morgan fingerprint density at radius 2 is 1.85 bits per heavy atom. The minimum Gasteiger partial charge on any atom is -0.454 e. The van der Waals surface area contributed by atoms with Crippen molar-refractivity contribution in [3.05, 3.63) is 58.0 Å². The number of amides is 1. The fraction of sp³-hybridized carbons (Fsp3) is 0.368. The molecular weight excluding hydrogens is 334 g/mol. The number of pyridine rings is 1. The van der Waals surface area contributed by atoms with Crippen molar-refractivity contribution in [2.24, 2.45) is 7.05 Å². The highest BCUT2D eigenvalue weighted by Crippen LogP contribution is 2.32. The molecular formula is C19H21N3O4. The zero-order valence-electron chi connectivity index (χ0n) is 14.7. The molecule has 2 aliphatic rings. The van der Waals surface area contributed by atoms with E-state index >= 15 is 0 Å². The van der Waals surface area contributed by atoms with Crippen LogP contribution in [0.25, 0.3) is 0 Å². The lowest BCUT2D eigenvalue weighted by Crippen LogP contribution is -2.49. The first kappa shape index (κ1) is 16.7. The second-order valence-corrected chi connectivity index (χ2v) is 6.59. The van der Waals surface area contributed by atoms with E-state index in [1.807, 2.05) is 18.2 Å². The highest BCUT2D eigenvalue weighted by atomic mass is 16.7. The van der Waals surface area contributed by atoms with Crippen LogP contribution in [0.2, 0.25) is 0 Å². The lowest BCUT2D eigenvalue weighted by atomic mass is 10.1. The van der Waals surface area contributed by atoms with Crippen LogP contribution in [0.5, 0.6) is 11.5 Å². The molecule has 0 unspecified atom stereocenters. The number of ether oxygens (including phenoxy) is 2. The molecule has 0 spiro atoms. The highest BCUT2D eigenvalue weighted by Gasteiger charge is 2.24.